The molecule has 1 saturated heterocycles. The van der Waals surface area contributed by atoms with Gasteiger partial charge in [-0.2, -0.15) is 0 Å². The molecule has 2 aromatic rings. The van der Waals surface area contributed by atoms with E-state index in [1.807, 2.05) is 53.4 Å². The summed E-state index contributed by atoms with van der Waals surface area (Å²) in [6, 6.07) is 14.0. The van der Waals surface area contributed by atoms with Gasteiger partial charge in [0.15, 0.2) is 5.50 Å². The molecule has 0 spiro atoms. The summed E-state index contributed by atoms with van der Waals surface area (Å²) in [7, 11) is 0. The molecule has 1 heterocycles. The Morgan fingerprint density at radius 1 is 1.23 bits per heavy atom. The lowest BCUT2D eigenvalue weighted by Crippen LogP contribution is -2.48. The summed E-state index contributed by atoms with van der Waals surface area (Å²) in [5.74, 6) is 0.723. The number of nitrogens with zero attached hydrogens (tertiary/aromatic N) is 1. The van der Waals surface area contributed by atoms with Gasteiger partial charge >= 0.3 is 0 Å². The number of phenolic OH excluding ortho intramolecular Hbond substituents is 1. The predicted molar refractivity (Wildman–Crippen MR) is 136 cm³/mol. The van der Waals surface area contributed by atoms with Crippen molar-refractivity contribution in [1.82, 2.24) is 4.90 Å². The fourth-order valence-electron chi connectivity index (χ4n) is 4.20. The van der Waals surface area contributed by atoms with Gasteiger partial charge in [0, 0.05) is 21.8 Å². The van der Waals surface area contributed by atoms with Crippen molar-refractivity contribution in [3.63, 3.8) is 0 Å². The highest BCUT2D eigenvalue weighted by Gasteiger charge is 2.43. The van der Waals surface area contributed by atoms with Crippen LogP contribution in [0.15, 0.2) is 51.8 Å². The van der Waals surface area contributed by atoms with Crippen LogP contribution in [0.25, 0.3) is 6.08 Å². The second kappa shape index (κ2) is 9.53. The van der Waals surface area contributed by atoms with Crippen LogP contribution in [0.5, 0.6) is 5.75 Å². The van der Waals surface area contributed by atoms with Gasteiger partial charge in [0.25, 0.3) is 5.91 Å². The maximum atomic E-state index is 13.5. The molecule has 1 aliphatic heterocycles. The Kier molecular flexibility index (Phi) is 6.99. The average molecular weight is 599 g/mol. The maximum absolute atomic E-state index is 13.5. The Hall–Kier alpha value is -1.19. The van der Waals surface area contributed by atoms with E-state index < -0.39 is 0 Å². The first-order valence-corrected chi connectivity index (χ1v) is 12.9. The Morgan fingerprint density at radius 2 is 1.97 bits per heavy atom. The highest BCUT2D eigenvalue weighted by Crippen LogP contribution is 2.43. The zero-order valence-corrected chi connectivity index (χ0v) is 21.2. The van der Waals surface area contributed by atoms with E-state index in [2.05, 4.69) is 50.8 Å². The number of hydrogen-bond donors (Lipinski definition) is 2. The first kappa shape index (κ1) is 22.0. The van der Waals surface area contributed by atoms with E-state index in [9.17, 15) is 9.90 Å². The molecule has 7 heteroatoms. The number of carbonyl (C=O) groups is 1. The standard InChI is InChI=1S/C23H24BrIN2O2S/c1-14-7-5-6-10-19(14)27-22(29)20(12-15-11-16(24)13-18(25)21(15)28)30-23(27)26-17-8-3-2-4-9-17/h2-4,8-9,11-14,19,23,26,28H,5-7,10H2,1H3/b20-12-/t14-,19+,23?/m1/s1. The van der Waals surface area contributed by atoms with Gasteiger partial charge in [-0.1, -0.05) is 65.7 Å². The van der Waals surface area contributed by atoms with Crippen molar-refractivity contribution in [2.75, 3.05) is 5.32 Å². The summed E-state index contributed by atoms with van der Waals surface area (Å²) in [5, 5.41) is 14.1. The molecule has 1 amide bonds. The lowest BCUT2D eigenvalue weighted by Gasteiger charge is -2.39. The third kappa shape index (κ3) is 4.67. The van der Waals surface area contributed by atoms with Gasteiger partial charge in [-0.25, -0.2) is 0 Å². The fourth-order valence-corrected chi connectivity index (χ4v) is 6.96. The van der Waals surface area contributed by atoms with Crippen molar-refractivity contribution < 1.29 is 9.90 Å². The van der Waals surface area contributed by atoms with Crippen LogP contribution in [0.2, 0.25) is 0 Å². The summed E-state index contributed by atoms with van der Waals surface area (Å²) < 4.78 is 1.63. The highest BCUT2D eigenvalue weighted by molar-refractivity contribution is 14.1. The number of phenols is 1. The molecular weight excluding hydrogens is 575 g/mol. The van der Waals surface area contributed by atoms with Gasteiger partial charge in [0.2, 0.25) is 0 Å². The van der Waals surface area contributed by atoms with Crippen LogP contribution in [0.1, 0.15) is 38.2 Å². The number of benzene rings is 2. The number of thioether (sulfide) groups is 1. The minimum atomic E-state index is -0.162. The monoisotopic (exact) mass is 598 g/mol. The molecule has 0 aromatic heterocycles. The van der Waals surface area contributed by atoms with E-state index >= 15 is 0 Å². The minimum absolute atomic E-state index is 0.0431. The minimum Gasteiger partial charge on any atom is -0.506 e. The third-order valence-corrected chi connectivity index (χ3v) is 8.16. The third-order valence-electron chi connectivity index (χ3n) is 5.77. The smallest absolute Gasteiger partial charge is 0.262 e. The van der Waals surface area contributed by atoms with Gasteiger partial charge in [0.1, 0.15) is 5.75 Å². The second-order valence-electron chi connectivity index (χ2n) is 7.86. The molecule has 2 aliphatic rings. The molecule has 2 aromatic carbocycles. The van der Waals surface area contributed by atoms with Gasteiger partial charge in [-0.3, -0.25) is 4.79 Å². The molecule has 2 fully saturated rings. The molecule has 4 nitrogen and oxygen atoms in total. The number of aromatic hydroxyl groups is 1. The molecule has 1 unspecified atom stereocenters. The molecule has 0 bridgehead atoms. The summed E-state index contributed by atoms with van der Waals surface area (Å²) >= 11 is 7.13. The van der Waals surface area contributed by atoms with E-state index in [4.69, 9.17) is 0 Å². The second-order valence-corrected chi connectivity index (χ2v) is 11.1. The van der Waals surface area contributed by atoms with E-state index in [0.717, 1.165) is 33.0 Å². The Balaban J connectivity index is 1.69. The lowest BCUT2D eigenvalue weighted by atomic mass is 9.85. The SMILES string of the molecule is C[C@@H]1CCCC[C@@H]1N1C(=O)/C(=C/c2cc(Br)cc(I)c2O)SC1Nc1ccccc1. The van der Waals surface area contributed by atoms with Crippen molar-refractivity contribution in [2.24, 2.45) is 5.92 Å². The summed E-state index contributed by atoms with van der Waals surface area (Å²) in [6.07, 6.45) is 6.40. The number of hydrogen-bond acceptors (Lipinski definition) is 4. The van der Waals surface area contributed by atoms with Crippen LogP contribution in [0.3, 0.4) is 0 Å². The normalized spacial score (nSPS) is 25.7. The van der Waals surface area contributed by atoms with Crippen molar-refractivity contribution >= 4 is 68.0 Å². The number of para-hydroxylation sites is 1. The predicted octanol–water partition coefficient (Wildman–Crippen LogP) is 6.65. The lowest BCUT2D eigenvalue weighted by molar-refractivity contribution is -0.129. The van der Waals surface area contributed by atoms with E-state index in [-0.39, 0.29) is 23.2 Å². The van der Waals surface area contributed by atoms with Crippen LogP contribution in [-0.4, -0.2) is 27.5 Å². The molecule has 4 rings (SSSR count). The zero-order valence-electron chi connectivity index (χ0n) is 16.6. The van der Waals surface area contributed by atoms with Crippen LogP contribution >= 0.6 is 50.3 Å². The van der Waals surface area contributed by atoms with Crippen LogP contribution in [-0.2, 0) is 4.79 Å². The molecule has 1 saturated carbocycles. The zero-order chi connectivity index (χ0) is 21.3. The number of carbonyl (C=O) groups excluding carboxylic acids is 1. The van der Waals surface area contributed by atoms with E-state index in [1.54, 1.807) is 0 Å². The number of anilines is 1. The Labute approximate surface area is 203 Å². The number of halogens is 2. The molecule has 30 heavy (non-hydrogen) atoms. The van der Waals surface area contributed by atoms with Crippen molar-refractivity contribution in [3.05, 3.63) is 61.0 Å². The molecule has 3 atom stereocenters. The highest BCUT2D eigenvalue weighted by atomic mass is 127. The molecule has 158 valence electrons. The first-order valence-electron chi connectivity index (χ1n) is 10.1. The molecule has 1 aliphatic carbocycles. The van der Waals surface area contributed by atoms with Crippen molar-refractivity contribution in [3.8, 4) is 5.75 Å². The van der Waals surface area contributed by atoms with Gasteiger partial charge in [-0.15, -0.1) is 0 Å². The maximum Gasteiger partial charge on any atom is 0.262 e. The molecule has 0 radical (unpaired) electrons. The molecular formula is C23H24BrIN2O2S. The summed E-state index contributed by atoms with van der Waals surface area (Å²) in [6.45, 7) is 2.26. The number of amides is 1. The van der Waals surface area contributed by atoms with Gasteiger partial charge in [0.05, 0.1) is 8.48 Å². The summed E-state index contributed by atoms with van der Waals surface area (Å²) in [4.78, 5) is 16.2. The summed E-state index contributed by atoms with van der Waals surface area (Å²) in [5.41, 5.74) is 1.49. The van der Waals surface area contributed by atoms with Gasteiger partial charge in [-0.05, 0) is 71.7 Å². The number of nitrogens with one attached hydrogen (secondary N) is 1. The van der Waals surface area contributed by atoms with Crippen molar-refractivity contribution in [1.29, 1.82) is 0 Å². The topological polar surface area (TPSA) is 52.6 Å². The average Bonchev–Trinajstić information content (AvgIpc) is 3.02. The van der Waals surface area contributed by atoms with Crippen molar-refractivity contribution in [2.45, 2.75) is 44.1 Å². The van der Waals surface area contributed by atoms with E-state index in [1.165, 1.54) is 18.2 Å². The quantitative estimate of drug-likeness (QED) is 0.306. The van der Waals surface area contributed by atoms with Gasteiger partial charge < -0.3 is 15.3 Å². The van der Waals surface area contributed by atoms with E-state index in [0.29, 0.717) is 16.4 Å². The van der Waals surface area contributed by atoms with Crippen LogP contribution in [0.4, 0.5) is 5.69 Å². The Morgan fingerprint density at radius 3 is 2.70 bits per heavy atom. The van der Waals surface area contributed by atoms with Crippen LogP contribution < -0.4 is 5.32 Å². The first-order chi connectivity index (χ1) is 14.4. The van der Waals surface area contributed by atoms with Crippen LogP contribution in [0, 0.1) is 9.49 Å². The fraction of sp³-hybridized carbons (Fsp3) is 0.348. The Bertz CT molecular complexity index is 969. The molecule has 2 N–H and O–H groups in total. The number of rotatable bonds is 4. The largest absolute Gasteiger partial charge is 0.506 e.